The highest BCUT2D eigenvalue weighted by molar-refractivity contribution is 6.30. The lowest BCUT2D eigenvalue weighted by Gasteiger charge is -2.19. The largest absolute Gasteiger partial charge is 0.533 e. The number of methoxy groups -OCH3 is 1. The summed E-state index contributed by atoms with van der Waals surface area (Å²) in [6, 6.07) is 5.57. The first-order chi connectivity index (χ1) is 8.08. The van der Waals surface area contributed by atoms with Crippen molar-refractivity contribution in [1.29, 1.82) is 0 Å². The molecule has 0 atom stereocenters. The lowest BCUT2D eigenvalue weighted by atomic mass is 10.3. The number of ether oxygens (including phenoxy) is 1. The van der Waals surface area contributed by atoms with Crippen molar-refractivity contribution in [3.8, 4) is 0 Å². The molecular weight excluding hydrogens is 248 g/mol. The van der Waals surface area contributed by atoms with Gasteiger partial charge < -0.3 is 10.1 Å². The third kappa shape index (κ3) is 3.53. The molecule has 0 spiro atoms. The number of hydroxylamine groups is 1. The Hall–Kier alpha value is -1.95. The monoisotopic (exact) mass is 258 g/mol. The number of amides is 2. The van der Waals surface area contributed by atoms with Gasteiger partial charge in [-0.05, 0) is 24.3 Å². The average molecular weight is 259 g/mol. The number of anilines is 1. The van der Waals surface area contributed by atoms with Gasteiger partial charge in [-0.3, -0.25) is 4.84 Å². The molecule has 0 aliphatic carbocycles. The second kappa shape index (κ2) is 5.95. The van der Waals surface area contributed by atoms with Crippen LogP contribution in [0.2, 0.25) is 5.02 Å². The van der Waals surface area contributed by atoms with Crippen molar-refractivity contribution in [2.75, 3.05) is 19.2 Å². The van der Waals surface area contributed by atoms with E-state index in [-0.39, 0.29) is 0 Å². The molecule has 0 aliphatic rings. The minimum absolute atomic E-state index is 0.346. The summed E-state index contributed by atoms with van der Waals surface area (Å²) in [6.07, 6.45) is -0.997. The number of benzene rings is 1. The Morgan fingerprint density at radius 2 is 1.88 bits per heavy atom. The summed E-state index contributed by atoms with van der Waals surface area (Å²) in [6.45, 7) is 0. The SMILES string of the molecule is CNC(=O)N(OC(=O)OC)c1ccc(Cl)cc1. The number of urea groups is 1. The van der Waals surface area contributed by atoms with E-state index in [2.05, 4.69) is 10.1 Å². The van der Waals surface area contributed by atoms with Gasteiger partial charge in [0.25, 0.3) is 0 Å². The Labute approximate surface area is 103 Å². The lowest BCUT2D eigenvalue weighted by Crippen LogP contribution is -2.39. The summed E-state index contributed by atoms with van der Waals surface area (Å²) in [5.41, 5.74) is 0.346. The minimum Gasteiger partial charge on any atom is -0.436 e. The summed E-state index contributed by atoms with van der Waals surface area (Å²) in [4.78, 5) is 27.2. The van der Waals surface area contributed by atoms with Crippen molar-refractivity contribution in [1.82, 2.24) is 5.32 Å². The first-order valence-electron chi connectivity index (χ1n) is 4.61. The van der Waals surface area contributed by atoms with E-state index >= 15 is 0 Å². The van der Waals surface area contributed by atoms with Crippen LogP contribution >= 0.6 is 11.6 Å². The molecule has 17 heavy (non-hydrogen) atoms. The predicted molar refractivity (Wildman–Crippen MR) is 61.9 cm³/mol. The Morgan fingerprint density at radius 1 is 1.29 bits per heavy atom. The van der Waals surface area contributed by atoms with Crippen molar-refractivity contribution in [3.05, 3.63) is 29.3 Å². The molecule has 92 valence electrons. The zero-order valence-electron chi connectivity index (χ0n) is 9.27. The van der Waals surface area contributed by atoms with Gasteiger partial charge in [-0.15, -0.1) is 5.06 Å². The van der Waals surface area contributed by atoms with Crippen molar-refractivity contribution in [2.45, 2.75) is 0 Å². The Morgan fingerprint density at radius 3 is 2.35 bits per heavy atom. The van der Waals surface area contributed by atoms with Crippen molar-refractivity contribution in [3.63, 3.8) is 0 Å². The smallest absolute Gasteiger partial charge is 0.436 e. The quantitative estimate of drug-likeness (QED) is 0.619. The highest BCUT2D eigenvalue weighted by Crippen LogP contribution is 2.18. The molecule has 7 heteroatoms. The highest BCUT2D eigenvalue weighted by atomic mass is 35.5. The van der Waals surface area contributed by atoms with Crippen LogP contribution in [0.15, 0.2) is 24.3 Å². The van der Waals surface area contributed by atoms with E-state index in [0.29, 0.717) is 10.7 Å². The van der Waals surface area contributed by atoms with E-state index in [0.717, 1.165) is 12.2 Å². The van der Waals surface area contributed by atoms with Gasteiger partial charge in [-0.25, -0.2) is 9.59 Å². The van der Waals surface area contributed by atoms with Crippen molar-refractivity contribution < 1.29 is 19.2 Å². The topological polar surface area (TPSA) is 67.9 Å². The average Bonchev–Trinajstić information content (AvgIpc) is 2.36. The molecule has 1 aromatic rings. The number of hydrogen-bond donors (Lipinski definition) is 1. The molecule has 1 aromatic carbocycles. The van der Waals surface area contributed by atoms with E-state index in [1.807, 2.05) is 0 Å². The summed E-state index contributed by atoms with van der Waals surface area (Å²) >= 11 is 5.71. The molecular formula is C10H11ClN2O4. The van der Waals surface area contributed by atoms with Crippen LogP contribution in [-0.2, 0) is 9.57 Å². The maximum atomic E-state index is 11.5. The number of rotatable bonds is 1. The van der Waals surface area contributed by atoms with Gasteiger partial charge in [-0.2, -0.15) is 0 Å². The molecule has 1 N–H and O–H groups in total. The third-order valence-electron chi connectivity index (χ3n) is 1.79. The molecule has 0 aliphatic heterocycles. The van der Waals surface area contributed by atoms with Crippen LogP contribution in [-0.4, -0.2) is 26.3 Å². The molecule has 0 unspecified atom stereocenters. The number of nitrogens with zero attached hydrogens (tertiary/aromatic N) is 1. The Kier molecular flexibility index (Phi) is 4.59. The van der Waals surface area contributed by atoms with E-state index in [1.54, 1.807) is 12.1 Å². The minimum atomic E-state index is -0.997. The second-order valence-electron chi connectivity index (χ2n) is 2.87. The zero-order valence-corrected chi connectivity index (χ0v) is 10.0. The van der Waals surface area contributed by atoms with Crippen LogP contribution in [0, 0.1) is 0 Å². The van der Waals surface area contributed by atoms with Crippen LogP contribution in [0.3, 0.4) is 0 Å². The van der Waals surface area contributed by atoms with E-state index in [9.17, 15) is 9.59 Å². The fourth-order valence-electron chi connectivity index (χ4n) is 1.00. The van der Waals surface area contributed by atoms with Gasteiger partial charge in [-0.1, -0.05) is 11.6 Å². The Bertz CT molecular complexity index is 407. The summed E-state index contributed by atoms with van der Waals surface area (Å²) < 4.78 is 4.31. The molecule has 0 bridgehead atoms. The Balaban J connectivity index is 2.93. The fraction of sp³-hybridized carbons (Fsp3) is 0.200. The maximum Gasteiger partial charge on any atom is 0.533 e. The second-order valence-corrected chi connectivity index (χ2v) is 3.31. The third-order valence-corrected chi connectivity index (χ3v) is 2.04. The van der Waals surface area contributed by atoms with Gasteiger partial charge in [0, 0.05) is 12.1 Å². The lowest BCUT2D eigenvalue weighted by molar-refractivity contribution is 0.0683. The van der Waals surface area contributed by atoms with E-state index in [4.69, 9.17) is 16.4 Å². The number of carbonyl (C=O) groups excluding carboxylic acids is 2. The molecule has 0 saturated heterocycles. The van der Waals surface area contributed by atoms with Gasteiger partial charge in [0.05, 0.1) is 12.8 Å². The molecule has 0 radical (unpaired) electrons. The maximum absolute atomic E-state index is 11.5. The van der Waals surface area contributed by atoms with Crippen LogP contribution in [0.5, 0.6) is 0 Å². The number of halogens is 1. The summed E-state index contributed by atoms with van der Waals surface area (Å²) in [5.74, 6) is 0. The van der Waals surface area contributed by atoms with Crippen LogP contribution in [0.4, 0.5) is 15.3 Å². The molecule has 0 heterocycles. The first kappa shape index (κ1) is 13.1. The predicted octanol–water partition coefficient (Wildman–Crippen LogP) is 2.18. The molecule has 2 amide bonds. The standard InChI is InChI=1S/C10H11ClN2O4/c1-12-9(14)13(17-10(15)16-2)8-5-3-7(11)4-6-8/h3-6H,1-2H3,(H,12,14). The van der Waals surface area contributed by atoms with Gasteiger partial charge in [0.15, 0.2) is 0 Å². The normalized spacial score (nSPS) is 9.35. The van der Waals surface area contributed by atoms with Gasteiger partial charge in [0.2, 0.25) is 0 Å². The highest BCUT2D eigenvalue weighted by Gasteiger charge is 2.20. The van der Waals surface area contributed by atoms with E-state index < -0.39 is 12.2 Å². The fourth-order valence-corrected chi connectivity index (χ4v) is 1.13. The molecule has 6 nitrogen and oxygen atoms in total. The summed E-state index contributed by atoms with van der Waals surface area (Å²) in [7, 11) is 2.55. The molecule has 0 fully saturated rings. The molecule has 1 rings (SSSR count). The summed E-state index contributed by atoms with van der Waals surface area (Å²) in [5, 5.41) is 3.60. The number of carbonyl (C=O) groups is 2. The first-order valence-corrected chi connectivity index (χ1v) is 4.99. The van der Waals surface area contributed by atoms with Crippen molar-refractivity contribution >= 4 is 29.5 Å². The number of hydrogen-bond acceptors (Lipinski definition) is 4. The zero-order chi connectivity index (χ0) is 12.8. The van der Waals surface area contributed by atoms with Crippen LogP contribution in [0.25, 0.3) is 0 Å². The van der Waals surface area contributed by atoms with Crippen LogP contribution in [0.1, 0.15) is 0 Å². The van der Waals surface area contributed by atoms with Gasteiger partial charge in [0.1, 0.15) is 0 Å². The molecule has 0 saturated carbocycles. The van der Waals surface area contributed by atoms with Gasteiger partial charge >= 0.3 is 12.2 Å². The van der Waals surface area contributed by atoms with Crippen LogP contribution < -0.4 is 10.4 Å². The van der Waals surface area contributed by atoms with E-state index in [1.165, 1.54) is 19.2 Å². The molecule has 0 aromatic heterocycles. The van der Waals surface area contributed by atoms with Crippen molar-refractivity contribution in [2.24, 2.45) is 0 Å². The number of nitrogens with one attached hydrogen (secondary N) is 1.